The molecule has 0 atom stereocenters. The molecule has 0 amide bonds. The predicted molar refractivity (Wildman–Crippen MR) is 50.9 cm³/mol. The van der Waals surface area contributed by atoms with Crippen molar-refractivity contribution in [2.75, 3.05) is 14.1 Å². The molecule has 0 aromatic heterocycles. The molecule has 11 heavy (non-hydrogen) atoms. The third-order valence-corrected chi connectivity index (χ3v) is 3.38. The molecule has 0 radical (unpaired) electrons. The summed E-state index contributed by atoms with van der Waals surface area (Å²) in [7, 11) is 4.41. The molecular weight excluding hydrogens is 128 g/mol. The first-order chi connectivity index (χ1) is 4.63. The van der Waals surface area contributed by atoms with Crippen LogP contribution in [0.25, 0.3) is 0 Å². The molecule has 0 N–H and O–H groups in total. The zero-order valence-corrected chi connectivity index (χ0v) is 9.15. The normalized spacial score (nSPS) is 11.5. The van der Waals surface area contributed by atoms with Crippen LogP contribution in [-0.4, -0.2) is 25.2 Å². The van der Waals surface area contributed by atoms with Gasteiger partial charge in [0, 0.05) is 0 Å². The quantitative estimate of drug-likeness (QED) is 0.489. The van der Waals surface area contributed by atoms with E-state index in [1.807, 2.05) is 0 Å². The third-order valence-electron chi connectivity index (χ3n) is 3.38. The Bertz CT molecular complexity index is 83.8. The molecule has 0 heterocycles. The summed E-state index contributed by atoms with van der Waals surface area (Å²) in [6, 6.07) is 0. The van der Waals surface area contributed by atoms with Crippen LogP contribution >= 0.6 is 0 Å². The summed E-state index contributed by atoms with van der Waals surface area (Å²) < 4.78 is 0. The minimum absolute atomic E-state index is 0. The van der Waals surface area contributed by atoms with Gasteiger partial charge in [0.2, 0.25) is 0 Å². The number of rotatable bonds is 4. The van der Waals surface area contributed by atoms with E-state index in [4.69, 9.17) is 0 Å². The molecule has 0 rings (SSSR count). The van der Waals surface area contributed by atoms with Crippen LogP contribution in [0.1, 0.15) is 20.8 Å². The van der Waals surface area contributed by atoms with E-state index in [9.17, 15) is 0 Å². The van der Waals surface area contributed by atoms with Crippen LogP contribution < -0.4 is 18.9 Å². The zero-order valence-electron chi connectivity index (χ0n) is 9.15. The van der Waals surface area contributed by atoms with Crippen molar-refractivity contribution in [1.29, 1.82) is 0 Å². The standard InChI is InChI=1S/C8H21BN.Li/c1-6-9(7-2,8-3)10(4)5;/h6-8H2,1-5H3;/q-1;+1. The van der Waals surface area contributed by atoms with Gasteiger partial charge in [0.1, 0.15) is 0 Å². The van der Waals surface area contributed by atoms with Gasteiger partial charge in [-0.3, -0.25) is 0 Å². The zero-order chi connectivity index (χ0) is 8.20. The van der Waals surface area contributed by atoms with Crippen molar-refractivity contribution in [2.24, 2.45) is 0 Å². The molecule has 0 aliphatic rings. The van der Waals surface area contributed by atoms with Crippen molar-refractivity contribution >= 4 is 6.28 Å². The average molecular weight is 149 g/mol. The van der Waals surface area contributed by atoms with E-state index < -0.39 is 0 Å². The second kappa shape index (κ2) is 6.17. The van der Waals surface area contributed by atoms with Crippen molar-refractivity contribution in [3.8, 4) is 0 Å². The molecule has 0 saturated heterocycles. The minimum atomic E-state index is -0.181. The SMILES string of the molecule is CC[B-](CC)(CC)N(C)C.[Li+]. The van der Waals surface area contributed by atoms with E-state index in [0.29, 0.717) is 0 Å². The Kier molecular flexibility index (Phi) is 7.95. The first kappa shape index (κ1) is 14.2. The molecule has 0 bridgehead atoms. The molecule has 0 spiro atoms. The Morgan fingerprint density at radius 2 is 1.18 bits per heavy atom. The first-order valence-corrected chi connectivity index (χ1v) is 4.50. The van der Waals surface area contributed by atoms with Gasteiger partial charge < -0.3 is 4.81 Å². The van der Waals surface area contributed by atoms with E-state index in [0.717, 1.165) is 0 Å². The van der Waals surface area contributed by atoms with Gasteiger partial charge in [-0.1, -0.05) is 34.9 Å². The minimum Gasteiger partial charge on any atom is -0.480 e. The fraction of sp³-hybridized carbons (Fsp3) is 1.00. The Balaban J connectivity index is 0. The molecular formula is C8H21BLiN. The monoisotopic (exact) mass is 149 g/mol. The molecule has 0 fully saturated rings. The van der Waals surface area contributed by atoms with Gasteiger partial charge in [0.05, 0.1) is 6.28 Å². The molecule has 0 aliphatic carbocycles. The average Bonchev–Trinajstić information content (AvgIpc) is 1.92. The van der Waals surface area contributed by atoms with Gasteiger partial charge in [-0.25, -0.2) is 0 Å². The second-order valence-corrected chi connectivity index (χ2v) is 3.60. The summed E-state index contributed by atoms with van der Waals surface area (Å²) in [5, 5.41) is 0. The topological polar surface area (TPSA) is 3.24 Å². The Morgan fingerprint density at radius 3 is 1.18 bits per heavy atom. The molecule has 0 saturated carbocycles. The fourth-order valence-corrected chi connectivity index (χ4v) is 1.96. The van der Waals surface area contributed by atoms with Gasteiger partial charge in [0.25, 0.3) is 0 Å². The van der Waals surface area contributed by atoms with E-state index in [1.165, 1.54) is 19.0 Å². The molecule has 1 nitrogen and oxygen atoms in total. The van der Waals surface area contributed by atoms with Crippen molar-refractivity contribution in [2.45, 2.75) is 39.7 Å². The summed E-state index contributed by atoms with van der Waals surface area (Å²) in [4.78, 5) is 2.42. The summed E-state index contributed by atoms with van der Waals surface area (Å²) in [5.41, 5.74) is 0. The molecule has 0 aromatic rings. The summed E-state index contributed by atoms with van der Waals surface area (Å²) in [6.07, 6.45) is 3.78. The van der Waals surface area contributed by atoms with E-state index in [-0.39, 0.29) is 25.1 Å². The summed E-state index contributed by atoms with van der Waals surface area (Å²) in [5.74, 6) is 0. The van der Waals surface area contributed by atoms with Crippen LogP contribution in [0, 0.1) is 0 Å². The van der Waals surface area contributed by atoms with Crippen LogP contribution in [0.2, 0.25) is 19.0 Å². The van der Waals surface area contributed by atoms with Gasteiger partial charge in [-0.15, -0.1) is 0 Å². The molecule has 0 aliphatic heterocycles. The van der Waals surface area contributed by atoms with E-state index in [1.54, 1.807) is 0 Å². The second-order valence-electron chi connectivity index (χ2n) is 3.60. The maximum atomic E-state index is 2.42. The van der Waals surface area contributed by atoms with Crippen LogP contribution in [0.3, 0.4) is 0 Å². The summed E-state index contributed by atoms with van der Waals surface area (Å²) >= 11 is 0. The smallest absolute Gasteiger partial charge is 0.480 e. The number of hydrogen-bond donors (Lipinski definition) is 0. The van der Waals surface area contributed by atoms with Crippen LogP contribution in [0.4, 0.5) is 0 Å². The van der Waals surface area contributed by atoms with Crippen LogP contribution in [-0.2, 0) is 0 Å². The van der Waals surface area contributed by atoms with Gasteiger partial charge >= 0.3 is 18.9 Å². The van der Waals surface area contributed by atoms with Crippen molar-refractivity contribution in [1.82, 2.24) is 4.81 Å². The predicted octanol–water partition coefficient (Wildman–Crippen LogP) is -0.443. The maximum Gasteiger partial charge on any atom is 1.00 e. The molecule has 62 valence electrons. The molecule has 3 heteroatoms. The Morgan fingerprint density at radius 1 is 0.909 bits per heavy atom. The molecule has 0 unspecified atom stereocenters. The number of nitrogens with zero attached hydrogens (tertiary/aromatic N) is 1. The van der Waals surface area contributed by atoms with Crippen LogP contribution in [0.15, 0.2) is 0 Å². The largest absolute Gasteiger partial charge is 1.00 e. The van der Waals surface area contributed by atoms with Crippen LogP contribution in [0.5, 0.6) is 0 Å². The third kappa shape index (κ3) is 3.24. The van der Waals surface area contributed by atoms with E-state index >= 15 is 0 Å². The fourth-order valence-electron chi connectivity index (χ4n) is 1.96. The Labute approximate surface area is 84.0 Å². The van der Waals surface area contributed by atoms with Crippen molar-refractivity contribution in [3.05, 3.63) is 0 Å². The maximum absolute atomic E-state index is 2.42. The van der Waals surface area contributed by atoms with Gasteiger partial charge in [-0.2, -0.15) is 19.0 Å². The van der Waals surface area contributed by atoms with Crippen molar-refractivity contribution < 1.29 is 18.9 Å². The Hall–Kier alpha value is 0.622. The van der Waals surface area contributed by atoms with E-state index in [2.05, 4.69) is 39.7 Å². The number of hydrogen-bond acceptors (Lipinski definition) is 1. The van der Waals surface area contributed by atoms with Gasteiger partial charge in [0.15, 0.2) is 0 Å². The first-order valence-electron chi connectivity index (χ1n) is 4.50. The molecule has 0 aromatic carbocycles. The summed E-state index contributed by atoms with van der Waals surface area (Å²) in [6.45, 7) is 6.90. The van der Waals surface area contributed by atoms with Gasteiger partial charge in [-0.05, 0) is 0 Å². The van der Waals surface area contributed by atoms with Crippen molar-refractivity contribution in [3.63, 3.8) is 0 Å².